The van der Waals surface area contributed by atoms with E-state index in [4.69, 9.17) is 4.74 Å². The summed E-state index contributed by atoms with van der Waals surface area (Å²) in [6.45, 7) is 5.71. The number of rotatable bonds is 5. The van der Waals surface area contributed by atoms with E-state index in [0.29, 0.717) is 24.1 Å². The molecule has 0 aromatic heterocycles. The molecular weight excluding hydrogens is 356 g/mol. The van der Waals surface area contributed by atoms with E-state index >= 15 is 0 Å². The summed E-state index contributed by atoms with van der Waals surface area (Å²) in [6, 6.07) is 16.2. The molecular formula is C22H26N2O4. The maximum Gasteiger partial charge on any atom is 0.407 e. The number of aliphatic hydroxyl groups excluding tert-OH is 1. The fourth-order valence-corrected chi connectivity index (χ4v) is 3.40. The van der Waals surface area contributed by atoms with E-state index in [-0.39, 0.29) is 11.9 Å². The number of carbonyl (C=O) groups is 2. The molecule has 0 saturated carbocycles. The van der Waals surface area contributed by atoms with Crippen molar-refractivity contribution in [3.8, 4) is 0 Å². The van der Waals surface area contributed by atoms with E-state index in [1.54, 1.807) is 45.0 Å². The molecule has 6 heteroatoms. The normalized spacial score (nSPS) is 17.2. The second kappa shape index (κ2) is 8.02. The molecule has 148 valence electrons. The largest absolute Gasteiger partial charge is 0.444 e. The van der Waals surface area contributed by atoms with Gasteiger partial charge in [0.15, 0.2) is 6.23 Å². The predicted molar refractivity (Wildman–Crippen MR) is 106 cm³/mol. The number of hydrogen-bond donors (Lipinski definition) is 2. The highest BCUT2D eigenvalue weighted by atomic mass is 16.6. The van der Waals surface area contributed by atoms with Crippen molar-refractivity contribution in [1.82, 2.24) is 10.2 Å². The molecule has 0 spiro atoms. The minimum absolute atomic E-state index is 0.214. The summed E-state index contributed by atoms with van der Waals surface area (Å²) in [4.78, 5) is 26.4. The summed E-state index contributed by atoms with van der Waals surface area (Å²) in [6.07, 6.45) is -1.08. The van der Waals surface area contributed by atoms with Crippen LogP contribution in [-0.4, -0.2) is 34.2 Å². The lowest BCUT2D eigenvalue weighted by Crippen LogP contribution is -2.37. The lowest BCUT2D eigenvalue weighted by molar-refractivity contribution is -0.00576. The lowest BCUT2D eigenvalue weighted by atomic mass is 10.0. The Morgan fingerprint density at radius 2 is 1.79 bits per heavy atom. The third-order valence-electron chi connectivity index (χ3n) is 4.57. The van der Waals surface area contributed by atoms with Crippen molar-refractivity contribution in [1.29, 1.82) is 0 Å². The SMILES string of the molecule is CC(C)(C)OC(=O)NCCC(c1ccccc1)N1C(=O)c2ccccc2C1O. The Labute approximate surface area is 165 Å². The first-order valence-electron chi connectivity index (χ1n) is 9.39. The number of fused-ring (bicyclic) bond motifs is 1. The minimum atomic E-state index is -1.02. The number of aliphatic hydroxyl groups is 1. The van der Waals surface area contributed by atoms with Gasteiger partial charge in [-0.25, -0.2) is 4.79 Å². The smallest absolute Gasteiger partial charge is 0.407 e. The molecule has 2 N–H and O–H groups in total. The summed E-state index contributed by atoms with van der Waals surface area (Å²) < 4.78 is 5.26. The Hall–Kier alpha value is -2.86. The van der Waals surface area contributed by atoms with Crippen molar-refractivity contribution in [3.05, 3.63) is 71.3 Å². The molecule has 2 atom stereocenters. The highest BCUT2D eigenvalue weighted by molar-refractivity contribution is 5.99. The van der Waals surface area contributed by atoms with Crippen LogP contribution in [0, 0.1) is 0 Å². The molecule has 2 unspecified atom stereocenters. The highest BCUT2D eigenvalue weighted by Gasteiger charge is 2.40. The van der Waals surface area contributed by atoms with Crippen LogP contribution in [0.3, 0.4) is 0 Å². The Kier molecular flexibility index (Phi) is 5.70. The average molecular weight is 382 g/mol. The molecule has 0 saturated heterocycles. The quantitative estimate of drug-likeness (QED) is 0.825. The van der Waals surface area contributed by atoms with Gasteiger partial charge in [-0.1, -0.05) is 48.5 Å². The third-order valence-corrected chi connectivity index (χ3v) is 4.57. The minimum Gasteiger partial charge on any atom is -0.444 e. The number of carbonyl (C=O) groups excluding carboxylic acids is 2. The molecule has 1 aliphatic rings. The molecule has 0 fully saturated rings. The molecule has 1 heterocycles. The lowest BCUT2D eigenvalue weighted by Gasteiger charge is -2.31. The summed E-state index contributed by atoms with van der Waals surface area (Å²) in [5.41, 5.74) is 1.43. The molecule has 6 nitrogen and oxygen atoms in total. The molecule has 2 amide bonds. The van der Waals surface area contributed by atoms with Crippen molar-refractivity contribution in [2.75, 3.05) is 6.54 Å². The zero-order valence-electron chi connectivity index (χ0n) is 16.4. The molecule has 2 aromatic carbocycles. The van der Waals surface area contributed by atoms with Crippen LogP contribution in [0.15, 0.2) is 54.6 Å². The summed E-state index contributed by atoms with van der Waals surface area (Å²) in [5, 5.41) is 13.5. The van der Waals surface area contributed by atoms with Crippen molar-refractivity contribution < 1.29 is 19.4 Å². The number of nitrogens with zero attached hydrogens (tertiary/aromatic N) is 1. The zero-order valence-corrected chi connectivity index (χ0v) is 16.4. The number of alkyl carbamates (subject to hydrolysis) is 1. The van der Waals surface area contributed by atoms with Gasteiger partial charge in [-0.2, -0.15) is 0 Å². The fraction of sp³-hybridized carbons (Fsp3) is 0.364. The van der Waals surface area contributed by atoms with Crippen LogP contribution in [0.2, 0.25) is 0 Å². The van der Waals surface area contributed by atoms with Gasteiger partial charge < -0.3 is 20.1 Å². The summed E-state index contributed by atoms with van der Waals surface area (Å²) in [7, 11) is 0. The molecule has 28 heavy (non-hydrogen) atoms. The maximum absolute atomic E-state index is 13.0. The first-order chi connectivity index (χ1) is 13.3. The van der Waals surface area contributed by atoms with E-state index in [1.165, 1.54) is 4.90 Å². The molecule has 0 bridgehead atoms. The number of hydrogen-bond acceptors (Lipinski definition) is 4. The standard InChI is InChI=1S/C22H26N2O4/c1-22(2,3)28-21(27)23-14-13-18(15-9-5-4-6-10-15)24-19(25)16-11-7-8-12-17(16)20(24)26/h4-12,18-19,25H,13-14H2,1-3H3,(H,23,27). The average Bonchev–Trinajstić information content (AvgIpc) is 2.90. The number of ether oxygens (including phenoxy) is 1. The van der Waals surface area contributed by atoms with E-state index < -0.39 is 17.9 Å². The number of nitrogens with one attached hydrogen (secondary N) is 1. The van der Waals surface area contributed by atoms with Gasteiger partial charge in [0.25, 0.3) is 5.91 Å². The number of amides is 2. The van der Waals surface area contributed by atoms with Gasteiger partial charge in [-0.15, -0.1) is 0 Å². The molecule has 1 aliphatic heterocycles. The third kappa shape index (κ3) is 4.34. The molecule has 0 radical (unpaired) electrons. The Morgan fingerprint density at radius 3 is 2.43 bits per heavy atom. The van der Waals surface area contributed by atoms with E-state index in [9.17, 15) is 14.7 Å². The van der Waals surface area contributed by atoms with Crippen LogP contribution in [0.25, 0.3) is 0 Å². The molecule has 0 aliphatic carbocycles. The first-order valence-corrected chi connectivity index (χ1v) is 9.39. The van der Waals surface area contributed by atoms with E-state index in [1.807, 2.05) is 30.3 Å². The maximum atomic E-state index is 13.0. The fourth-order valence-electron chi connectivity index (χ4n) is 3.40. The predicted octanol–water partition coefficient (Wildman–Crippen LogP) is 3.79. The second-order valence-electron chi connectivity index (χ2n) is 7.82. The summed E-state index contributed by atoms with van der Waals surface area (Å²) >= 11 is 0. The summed E-state index contributed by atoms with van der Waals surface area (Å²) in [5.74, 6) is -0.214. The van der Waals surface area contributed by atoms with Gasteiger partial charge in [0.05, 0.1) is 6.04 Å². The van der Waals surface area contributed by atoms with Crippen molar-refractivity contribution in [2.45, 2.75) is 45.1 Å². The van der Waals surface area contributed by atoms with E-state index in [2.05, 4.69) is 5.32 Å². The van der Waals surface area contributed by atoms with Crippen LogP contribution in [-0.2, 0) is 4.74 Å². The van der Waals surface area contributed by atoms with Crippen molar-refractivity contribution in [3.63, 3.8) is 0 Å². The van der Waals surface area contributed by atoms with Gasteiger partial charge >= 0.3 is 6.09 Å². The van der Waals surface area contributed by atoms with Gasteiger partial charge in [-0.3, -0.25) is 4.79 Å². The number of benzene rings is 2. The Bertz CT molecular complexity index is 845. The van der Waals surface area contributed by atoms with Gasteiger partial charge in [0, 0.05) is 17.7 Å². The van der Waals surface area contributed by atoms with Crippen LogP contribution in [0.5, 0.6) is 0 Å². The van der Waals surface area contributed by atoms with Crippen molar-refractivity contribution in [2.24, 2.45) is 0 Å². The second-order valence-corrected chi connectivity index (χ2v) is 7.82. The highest BCUT2D eigenvalue weighted by Crippen LogP contribution is 2.39. The van der Waals surface area contributed by atoms with Crippen LogP contribution < -0.4 is 5.32 Å². The topological polar surface area (TPSA) is 78.9 Å². The van der Waals surface area contributed by atoms with Gasteiger partial charge in [0.2, 0.25) is 0 Å². The molecule has 3 rings (SSSR count). The van der Waals surface area contributed by atoms with Crippen LogP contribution in [0.1, 0.15) is 60.9 Å². The van der Waals surface area contributed by atoms with E-state index in [0.717, 1.165) is 5.56 Å². The monoisotopic (exact) mass is 382 g/mol. The van der Waals surface area contributed by atoms with Crippen molar-refractivity contribution >= 4 is 12.0 Å². The van der Waals surface area contributed by atoms with Crippen LogP contribution >= 0.6 is 0 Å². The Balaban J connectivity index is 1.78. The molecule has 2 aromatic rings. The van der Waals surface area contributed by atoms with Gasteiger partial charge in [0.1, 0.15) is 5.60 Å². The van der Waals surface area contributed by atoms with Crippen LogP contribution in [0.4, 0.5) is 4.79 Å². The van der Waals surface area contributed by atoms with Gasteiger partial charge in [-0.05, 0) is 38.8 Å². The zero-order chi connectivity index (χ0) is 20.3. The first kappa shape index (κ1) is 19.9. The Morgan fingerprint density at radius 1 is 1.14 bits per heavy atom.